The Labute approximate surface area is 268 Å². The maximum Gasteiger partial charge on any atom is 0.307 e. The number of carbonyl (C=O) groups is 4. The standard InChI is InChI=1S/C35H32O12/c36-28-3-1-18(11-30(38)39)5-22(28)15-24-7-20(13-32(42)43)9-26(34(24)46)17-27-10-21(14-33(44)45)8-25(35(27)47)16-23-6-19(12-31(40)41)2-4-29(23)37/h1-10,36-37,46-47H,11-17H2,(H,38,39)(H,40,41)(H,42,43)(H,44,45). The average Bonchev–Trinajstić information content (AvgIpc) is 2.96. The van der Waals surface area contributed by atoms with Crippen molar-refractivity contribution in [3.63, 3.8) is 0 Å². The van der Waals surface area contributed by atoms with Gasteiger partial charge in [0.25, 0.3) is 0 Å². The van der Waals surface area contributed by atoms with E-state index in [1.54, 1.807) is 0 Å². The van der Waals surface area contributed by atoms with Gasteiger partial charge >= 0.3 is 23.9 Å². The first kappa shape index (κ1) is 33.8. The normalized spacial score (nSPS) is 10.9. The Morgan fingerprint density at radius 3 is 0.936 bits per heavy atom. The number of carboxylic acid groups (broad SMARTS) is 4. The van der Waals surface area contributed by atoms with Crippen LogP contribution >= 0.6 is 0 Å². The van der Waals surface area contributed by atoms with Crippen LogP contribution in [0, 0.1) is 0 Å². The number of aliphatic carboxylic acids is 4. The number of rotatable bonds is 14. The van der Waals surface area contributed by atoms with Gasteiger partial charge in [0.05, 0.1) is 25.7 Å². The molecule has 0 amide bonds. The van der Waals surface area contributed by atoms with E-state index >= 15 is 0 Å². The Balaban J connectivity index is 1.78. The molecule has 244 valence electrons. The van der Waals surface area contributed by atoms with Crippen LogP contribution in [0.5, 0.6) is 23.0 Å². The number of hydrogen-bond donors (Lipinski definition) is 8. The van der Waals surface area contributed by atoms with Gasteiger partial charge in [-0.25, -0.2) is 0 Å². The molecule has 12 heteroatoms. The van der Waals surface area contributed by atoms with Crippen LogP contribution in [0.4, 0.5) is 0 Å². The molecule has 0 aliphatic rings. The van der Waals surface area contributed by atoms with Crippen molar-refractivity contribution in [3.8, 4) is 23.0 Å². The van der Waals surface area contributed by atoms with E-state index < -0.39 is 36.7 Å². The highest BCUT2D eigenvalue weighted by Gasteiger charge is 2.20. The Hall–Kier alpha value is -6.04. The van der Waals surface area contributed by atoms with Crippen LogP contribution in [0.15, 0.2) is 60.7 Å². The Morgan fingerprint density at radius 2 is 0.638 bits per heavy atom. The second-order valence-corrected chi connectivity index (χ2v) is 11.3. The van der Waals surface area contributed by atoms with E-state index in [-0.39, 0.29) is 88.5 Å². The lowest BCUT2D eigenvalue weighted by atomic mass is 9.90. The molecule has 0 heterocycles. The summed E-state index contributed by atoms with van der Waals surface area (Å²) in [6, 6.07) is 14.3. The third kappa shape index (κ3) is 9.01. The maximum absolute atomic E-state index is 11.6. The molecule has 0 saturated carbocycles. The fourth-order valence-electron chi connectivity index (χ4n) is 5.50. The van der Waals surface area contributed by atoms with Crippen LogP contribution < -0.4 is 0 Å². The zero-order valence-corrected chi connectivity index (χ0v) is 24.9. The average molecular weight is 645 g/mol. The molecule has 0 fully saturated rings. The van der Waals surface area contributed by atoms with Gasteiger partial charge < -0.3 is 40.9 Å². The molecule has 0 aliphatic carbocycles. The van der Waals surface area contributed by atoms with Crippen LogP contribution in [-0.2, 0) is 64.1 Å². The summed E-state index contributed by atoms with van der Waals surface area (Å²) in [5.41, 5.74) is 2.81. The number of hydrogen-bond acceptors (Lipinski definition) is 8. The lowest BCUT2D eigenvalue weighted by molar-refractivity contribution is -0.137. The molecular formula is C35H32O12. The highest BCUT2D eigenvalue weighted by Crippen LogP contribution is 2.36. The monoisotopic (exact) mass is 644 g/mol. The summed E-state index contributed by atoms with van der Waals surface area (Å²) in [5, 5.41) is 80.9. The molecule has 4 rings (SSSR count). The number of carboxylic acids is 4. The van der Waals surface area contributed by atoms with Crippen molar-refractivity contribution >= 4 is 23.9 Å². The van der Waals surface area contributed by atoms with Crippen molar-refractivity contribution in [3.05, 3.63) is 116 Å². The van der Waals surface area contributed by atoms with Crippen LogP contribution in [0.2, 0.25) is 0 Å². The van der Waals surface area contributed by atoms with E-state index in [0.717, 1.165) is 0 Å². The molecule has 0 aromatic heterocycles. The molecule has 4 aromatic carbocycles. The van der Waals surface area contributed by atoms with E-state index in [2.05, 4.69) is 0 Å². The first-order valence-electron chi connectivity index (χ1n) is 14.3. The minimum atomic E-state index is -1.16. The predicted octanol–water partition coefficient (Wildman–Crippen LogP) is 3.79. The summed E-state index contributed by atoms with van der Waals surface area (Å²) in [5.74, 6) is -5.34. The van der Waals surface area contributed by atoms with E-state index in [1.165, 1.54) is 60.7 Å². The number of phenols is 4. The maximum atomic E-state index is 11.6. The topological polar surface area (TPSA) is 230 Å². The lowest BCUT2D eigenvalue weighted by Crippen LogP contribution is -2.06. The summed E-state index contributed by atoms with van der Waals surface area (Å²) < 4.78 is 0. The van der Waals surface area contributed by atoms with Crippen molar-refractivity contribution in [1.82, 2.24) is 0 Å². The number of aromatic hydroxyl groups is 4. The SMILES string of the molecule is O=C(O)Cc1ccc(O)c(Cc2cc(CC(=O)O)cc(Cc3cc(CC(=O)O)cc(Cc4cc(CC(=O)O)ccc4O)c3O)c2O)c1. The molecule has 0 unspecified atom stereocenters. The summed E-state index contributed by atoms with van der Waals surface area (Å²) in [6.45, 7) is 0. The van der Waals surface area contributed by atoms with Gasteiger partial charge in [-0.1, -0.05) is 48.5 Å². The first-order valence-corrected chi connectivity index (χ1v) is 14.3. The molecular weight excluding hydrogens is 612 g/mol. The fraction of sp³-hybridized carbons (Fsp3) is 0.200. The van der Waals surface area contributed by atoms with Gasteiger partial charge in [0.2, 0.25) is 0 Å². The number of benzene rings is 4. The highest BCUT2D eigenvalue weighted by atomic mass is 16.4. The van der Waals surface area contributed by atoms with Crippen LogP contribution in [0.3, 0.4) is 0 Å². The minimum absolute atomic E-state index is 0.0895. The van der Waals surface area contributed by atoms with Gasteiger partial charge in [0.1, 0.15) is 23.0 Å². The molecule has 0 radical (unpaired) electrons. The van der Waals surface area contributed by atoms with E-state index in [9.17, 15) is 49.8 Å². The lowest BCUT2D eigenvalue weighted by Gasteiger charge is -2.17. The Kier molecular flexibility index (Phi) is 10.4. The van der Waals surface area contributed by atoms with Crippen LogP contribution in [-0.4, -0.2) is 64.7 Å². The van der Waals surface area contributed by atoms with Crippen molar-refractivity contribution in [2.24, 2.45) is 0 Å². The van der Waals surface area contributed by atoms with Crippen LogP contribution in [0.1, 0.15) is 55.6 Å². The number of phenolic OH excluding ortho intramolecular Hbond substituents is 4. The van der Waals surface area contributed by atoms with Gasteiger partial charge in [0, 0.05) is 19.3 Å². The Morgan fingerprint density at radius 1 is 0.383 bits per heavy atom. The van der Waals surface area contributed by atoms with Gasteiger partial charge in [-0.05, 0) is 67.8 Å². The van der Waals surface area contributed by atoms with E-state index in [4.69, 9.17) is 10.2 Å². The third-order valence-corrected chi connectivity index (χ3v) is 7.51. The quantitative estimate of drug-likeness (QED) is 0.0980. The molecule has 12 nitrogen and oxygen atoms in total. The molecule has 0 aliphatic heterocycles. The molecule has 4 aromatic rings. The molecule has 47 heavy (non-hydrogen) atoms. The summed E-state index contributed by atoms with van der Waals surface area (Å²) in [4.78, 5) is 45.6. The van der Waals surface area contributed by atoms with Crippen LogP contribution in [0.25, 0.3) is 0 Å². The first-order chi connectivity index (χ1) is 22.2. The van der Waals surface area contributed by atoms with Crippen molar-refractivity contribution in [1.29, 1.82) is 0 Å². The summed E-state index contributed by atoms with van der Waals surface area (Å²) in [6.07, 6.45) is -1.81. The molecule has 0 saturated heterocycles. The minimum Gasteiger partial charge on any atom is -0.508 e. The van der Waals surface area contributed by atoms with Gasteiger partial charge in [-0.15, -0.1) is 0 Å². The highest BCUT2D eigenvalue weighted by molar-refractivity contribution is 5.73. The smallest absolute Gasteiger partial charge is 0.307 e. The van der Waals surface area contributed by atoms with Gasteiger partial charge in [-0.2, -0.15) is 0 Å². The van der Waals surface area contributed by atoms with Gasteiger partial charge in [-0.3, -0.25) is 19.2 Å². The molecule has 0 atom stereocenters. The van der Waals surface area contributed by atoms with E-state index in [0.29, 0.717) is 22.3 Å². The Bertz CT molecular complexity index is 1740. The fourth-order valence-corrected chi connectivity index (χ4v) is 5.50. The second-order valence-electron chi connectivity index (χ2n) is 11.3. The second kappa shape index (κ2) is 14.4. The van der Waals surface area contributed by atoms with Crippen molar-refractivity contribution < 1.29 is 60.0 Å². The molecule has 8 N–H and O–H groups in total. The largest absolute Gasteiger partial charge is 0.508 e. The third-order valence-electron chi connectivity index (χ3n) is 7.51. The summed E-state index contributed by atoms with van der Waals surface area (Å²) >= 11 is 0. The summed E-state index contributed by atoms with van der Waals surface area (Å²) in [7, 11) is 0. The zero-order valence-electron chi connectivity index (χ0n) is 24.9. The van der Waals surface area contributed by atoms with E-state index in [1.807, 2.05) is 0 Å². The van der Waals surface area contributed by atoms with Crippen molar-refractivity contribution in [2.75, 3.05) is 0 Å². The zero-order chi connectivity index (χ0) is 34.4. The predicted molar refractivity (Wildman–Crippen MR) is 166 cm³/mol. The van der Waals surface area contributed by atoms with Gasteiger partial charge in [0.15, 0.2) is 0 Å². The molecule has 0 spiro atoms. The van der Waals surface area contributed by atoms with Crippen molar-refractivity contribution in [2.45, 2.75) is 44.9 Å². The molecule has 0 bridgehead atoms.